The van der Waals surface area contributed by atoms with Gasteiger partial charge >= 0.3 is 6.09 Å². The Morgan fingerprint density at radius 3 is 2.69 bits per heavy atom. The van der Waals surface area contributed by atoms with Gasteiger partial charge in [0.1, 0.15) is 5.60 Å². The van der Waals surface area contributed by atoms with Crippen LogP contribution in [0.2, 0.25) is 0 Å². The Morgan fingerprint density at radius 1 is 1.46 bits per heavy atom. The fraction of sp³-hybridized carbons (Fsp3) is 0.706. The maximum absolute atomic E-state index is 12.0. The van der Waals surface area contributed by atoms with Crippen LogP contribution in [0, 0.1) is 0 Å². The van der Waals surface area contributed by atoms with Crippen molar-refractivity contribution in [1.82, 2.24) is 20.5 Å². The summed E-state index contributed by atoms with van der Waals surface area (Å²) < 4.78 is 5.37. The van der Waals surface area contributed by atoms with Gasteiger partial charge in [-0.25, -0.2) is 14.8 Å². The SMILES string of the molecule is CCNC(=NCc1csc(N(C)C)n1)NC1CN(C(=O)OC(C)(C)C)C1. The number of aliphatic imine (C=N–C) groups is 1. The van der Waals surface area contributed by atoms with E-state index in [-0.39, 0.29) is 12.1 Å². The second kappa shape index (κ2) is 8.57. The molecule has 0 aromatic carbocycles. The van der Waals surface area contributed by atoms with Gasteiger partial charge in [0.2, 0.25) is 0 Å². The van der Waals surface area contributed by atoms with Crippen molar-refractivity contribution in [2.24, 2.45) is 4.99 Å². The molecule has 146 valence electrons. The Bertz CT molecular complexity index is 631. The molecule has 1 saturated heterocycles. The Kier molecular flexibility index (Phi) is 6.69. The fourth-order valence-corrected chi connectivity index (χ4v) is 3.04. The third kappa shape index (κ3) is 6.05. The Labute approximate surface area is 159 Å². The summed E-state index contributed by atoms with van der Waals surface area (Å²) in [7, 11) is 3.95. The highest BCUT2D eigenvalue weighted by Crippen LogP contribution is 2.18. The minimum absolute atomic E-state index is 0.174. The van der Waals surface area contributed by atoms with Crippen LogP contribution in [0.1, 0.15) is 33.4 Å². The zero-order valence-electron chi connectivity index (χ0n) is 16.5. The van der Waals surface area contributed by atoms with Crippen molar-refractivity contribution in [1.29, 1.82) is 0 Å². The highest BCUT2D eigenvalue weighted by Gasteiger charge is 2.34. The summed E-state index contributed by atoms with van der Waals surface area (Å²) in [5.74, 6) is 0.737. The van der Waals surface area contributed by atoms with E-state index in [1.165, 1.54) is 0 Å². The summed E-state index contributed by atoms with van der Waals surface area (Å²) in [6, 6.07) is 0.174. The lowest BCUT2D eigenvalue weighted by Crippen LogP contribution is -2.63. The lowest BCUT2D eigenvalue weighted by Gasteiger charge is -2.40. The smallest absolute Gasteiger partial charge is 0.410 e. The number of amides is 1. The van der Waals surface area contributed by atoms with E-state index < -0.39 is 5.60 Å². The lowest BCUT2D eigenvalue weighted by atomic mass is 10.1. The van der Waals surface area contributed by atoms with Crippen LogP contribution in [0.5, 0.6) is 0 Å². The summed E-state index contributed by atoms with van der Waals surface area (Å²) >= 11 is 1.61. The fourth-order valence-electron chi connectivity index (χ4n) is 2.29. The van der Waals surface area contributed by atoms with Crippen molar-refractivity contribution in [3.05, 3.63) is 11.1 Å². The Hall–Kier alpha value is -2.03. The van der Waals surface area contributed by atoms with Crippen molar-refractivity contribution in [3.63, 3.8) is 0 Å². The van der Waals surface area contributed by atoms with E-state index in [1.54, 1.807) is 16.2 Å². The molecule has 0 spiro atoms. The number of guanidine groups is 1. The summed E-state index contributed by atoms with van der Waals surface area (Å²) in [4.78, 5) is 24.8. The molecule has 0 atom stereocenters. The largest absolute Gasteiger partial charge is 0.444 e. The van der Waals surface area contributed by atoms with Crippen LogP contribution in [0.15, 0.2) is 10.4 Å². The van der Waals surface area contributed by atoms with Crippen LogP contribution in [-0.2, 0) is 11.3 Å². The van der Waals surface area contributed by atoms with Gasteiger partial charge in [-0.05, 0) is 27.7 Å². The molecule has 2 rings (SSSR count). The zero-order valence-corrected chi connectivity index (χ0v) is 17.3. The standard InChI is InChI=1S/C17H30N6O2S/c1-7-18-14(19-8-12-11-26-15(21-12)22(5)6)20-13-9-23(10-13)16(24)25-17(2,3)4/h11,13H,7-10H2,1-6H3,(H2,18,19,20). The van der Waals surface area contributed by atoms with E-state index in [0.29, 0.717) is 19.6 Å². The summed E-state index contributed by atoms with van der Waals surface area (Å²) in [5.41, 5.74) is 0.477. The summed E-state index contributed by atoms with van der Waals surface area (Å²) in [6.07, 6.45) is -0.267. The number of hydrogen-bond donors (Lipinski definition) is 2. The van der Waals surface area contributed by atoms with E-state index >= 15 is 0 Å². The second-order valence-electron chi connectivity index (χ2n) is 7.44. The number of carbonyl (C=O) groups is 1. The molecule has 1 aromatic heterocycles. The molecule has 0 unspecified atom stereocenters. The van der Waals surface area contributed by atoms with E-state index in [1.807, 2.05) is 52.1 Å². The number of nitrogens with zero attached hydrogens (tertiary/aromatic N) is 4. The van der Waals surface area contributed by atoms with Gasteiger partial charge in [0.05, 0.1) is 18.3 Å². The number of hydrogen-bond acceptors (Lipinski definition) is 6. The molecule has 2 heterocycles. The molecule has 1 amide bonds. The number of anilines is 1. The molecule has 8 nitrogen and oxygen atoms in total. The van der Waals surface area contributed by atoms with Gasteiger partial charge in [0, 0.05) is 39.1 Å². The summed E-state index contributed by atoms with van der Waals surface area (Å²) in [5, 5.41) is 9.59. The van der Waals surface area contributed by atoms with Crippen molar-refractivity contribution in [2.75, 3.05) is 38.6 Å². The van der Waals surface area contributed by atoms with Gasteiger partial charge in [-0.1, -0.05) is 0 Å². The van der Waals surface area contributed by atoms with Gasteiger partial charge in [-0.2, -0.15) is 0 Å². The highest BCUT2D eigenvalue weighted by molar-refractivity contribution is 7.13. The molecule has 0 bridgehead atoms. The topological polar surface area (TPSA) is 82.1 Å². The van der Waals surface area contributed by atoms with Crippen LogP contribution in [-0.4, -0.2) is 67.3 Å². The van der Waals surface area contributed by atoms with Gasteiger partial charge in [0.15, 0.2) is 11.1 Å². The number of aromatic nitrogens is 1. The number of ether oxygens (including phenoxy) is 1. The van der Waals surface area contributed by atoms with Crippen LogP contribution < -0.4 is 15.5 Å². The normalized spacial score (nSPS) is 15.5. The monoisotopic (exact) mass is 382 g/mol. The second-order valence-corrected chi connectivity index (χ2v) is 8.27. The number of rotatable bonds is 5. The molecule has 1 aliphatic heterocycles. The molecular formula is C17H30N6O2S. The highest BCUT2D eigenvalue weighted by atomic mass is 32.1. The number of carbonyl (C=O) groups excluding carboxylic acids is 1. The van der Waals surface area contributed by atoms with Gasteiger partial charge in [-0.3, -0.25) is 0 Å². The van der Waals surface area contributed by atoms with Crippen LogP contribution in [0.4, 0.5) is 9.93 Å². The molecule has 0 saturated carbocycles. The summed E-state index contributed by atoms with van der Waals surface area (Å²) in [6.45, 7) is 10.2. The third-order valence-corrected chi connectivity index (χ3v) is 4.60. The molecule has 1 aromatic rings. The molecule has 2 N–H and O–H groups in total. The maximum Gasteiger partial charge on any atom is 0.410 e. The van der Waals surface area contributed by atoms with Crippen molar-refractivity contribution < 1.29 is 9.53 Å². The predicted octanol–water partition coefficient (Wildman–Crippen LogP) is 1.88. The van der Waals surface area contributed by atoms with Crippen LogP contribution in [0.25, 0.3) is 0 Å². The molecule has 26 heavy (non-hydrogen) atoms. The van der Waals surface area contributed by atoms with Crippen molar-refractivity contribution in [3.8, 4) is 0 Å². The van der Waals surface area contributed by atoms with Crippen LogP contribution >= 0.6 is 11.3 Å². The molecule has 0 radical (unpaired) electrons. The Morgan fingerprint density at radius 2 is 2.15 bits per heavy atom. The first kappa shape index (κ1) is 20.3. The Balaban J connectivity index is 1.84. The average Bonchev–Trinajstić information content (AvgIpc) is 2.95. The quantitative estimate of drug-likeness (QED) is 0.598. The van der Waals surface area contributed by atoms with E-state index in [9.17, 15) is 4.79 Å². The van der Waals surface area contributed by atoms with E-state index in [2.05, 4.69) is 20.6 Å². The molecule has 9 heteroatoms. The van der Waals surface area contributed by atoms with Crippen molar-refractivity contribution >= 4 is 28.5 Å². The van der Waals surface area contributed by atoms with Gasteiger partial charge in [-0.15, -0.1) is 11.3 Å². The minimum atomic E-state index is -0.467. The van der Waals surface area contributed by atoms with Gasteiger partial charge in [0.25, 0.3) is 0 Å². The molecule has 1 aliphatic rings. The first-order chi connectivity index (χ1) is 12.2. The number of nitrogens with one attached hydrogen (secondary N) is 2. The lowest BCUT2D eigenvalue weighted by molar-refractivity contribution is 0.00701. The molecule has 0 aliphatic carbocycles. The van der Waals surface area contributed by atoms with Crippen LogP contribution in [0.3, 0.4) is 0 Å². The third-order valence-electron chi connectivity index (χ3n) is 3.54. The first-order valence-electron chi connectivity index (χ1n) is 8.82. The maximum atomic E-state index is 12.0. The average molecular weight is 383 g/mol. The zero-order chi connectivity index (χ0) is 19.3. The number of thiazole rings is 1. The number of likely N-dealkylation sites (tertiary alicyclic amines) is 1. The molecular weight excluding hydrogens is 352 g/mol. The van der Waals surface area contributed by atoms with Gasteiger partial charge < -0.3 is 25.2 Å². The van der Waals surface area contributed by atoms with E-state index in [4.69, 9.17) is 4.74 Å². The first-order valence-corrected chi connectivity index (χ1v) is 9.70. The minimum Gasteiger partial charge on any atom is -0.444 e. The van der Waals surface area contributed by atoms with Crippen molar-refractivity contribution in [2.45, 2.75) is 45.9 Å². The predicted molar refractivity (Wildman–Crippen MR) is 106 cm³/mol. The molecule has 1 fully saturated rings. The van der Waals surface area contributed by atoms with E-state index in [0.717, 1.165) is 23.3 Å².